The van der Waals surface area contributed by atoms with Gasteiger partial charge in [-0.15, -0.1) is 0 Å². The van der Waals surface area contributed by atoms with Gasteiger partial charge in [0, 0.05) is 11.5 Å². The molecule has 4 heteroatoms. The minimum absolute atomic E-state index is 0.000880. The van der Waals surface area contributed by atoms with Gasteiger partial charge < -0.3 is 13.9 Å². The van der Waals surface area contributed by atoms with Crippen LogP contribution in [-0.2, 0) is 6.42 Å². The molecule has 0 radical (unpaired) electrons. The van der Waals surface area contributed by atoms with Crippen molar-refractivity contribution in [2.24, 2.45) is 0 Å². The van der Waals surface area contributed by atoms with Crippen LogP contribution in [-0.4, -0.2) is 5.11 Å². The van der Waals surface area contributed by atoms with Crippen molar-refractivity contribution in [3.05, 3.63) is 39.9 Å². The van der Waals surface area contributed by atoms with Gasteiger partial charge in [-0.05, 0) is 30.5 Å². The van der Waals surface area contributed by atoms with E-state index in [9.17, 15) is 9.90 Å². The molecule has 0 atom stereocenters. The Bertz CT molecular complexity index is 808. The topological polar surface area (TPSA) is 63.6 Å². The molecule has 0 spiro atoms. The molecule has 0 bridgehead atoms. The first-order chi connectivity index (χ1) is 8.61. The van der Waals surface area contributed by atoms with Gasteiger partial charge in [0.15, 0.2) is 11.3 Å². The summed E-state index contributed by atoms with van der Waals surface area (Å²) in [5.74, 6) is -0.000880. The third-order valence-electron chi connectivity index (χ3n) is 3.20. The van der Waals surface area contributed by atoms with Crippen molar-refractivity contribution in [2.75, 3.05) is 0 Å². The van der Waals surface area contributed by atoms with Crippen LogP contribution in [0.2, 0.25) is 0 Å². The highest BCUT2D eigenvalue weighted by molar-refractivity contribution is 6.07. The third-order valence-corrected chi connectivity index (χ3v) is 3.20. The zero-order chi connectivity index (χ0) is 12.9. The number of benzene rings is 1. The summed E-state index contributed by atoms with van der Waals surface area (Å²) in [5, 5.41) is 11.2. The monoisotopic (exact) mass is 244 g/mol. The highest BCUT2D eigenvalue weighted by Crippen LogP contribution is 2.36. The molecule has 0 aliphatic rings. The van der Waals surface area contributed by atoms with Crippen molar-refractivity contribution in [1.29, 1.82) is 0 Å². The molecule has 92 valence electrons. The van der Waals surface area contributed by atoms with E-state index in [-0.39, 0.29) is 5.75 Å². The first kappa shape index (κ1) is 10.9. The van der Waals surface area contributed by atoms with Crippen LogP contribution in [0.1, 0.15) is 18.1 Å². The summed E-state index contributed by atoms with van der Waals surface area (Å²) >= 11 is 0. The molecule has 2 aromatic heterocycles. The van der Waals surface area contributed by atoms with Crippen molar-refractivity contribution < 1.29 is 13.9 Å². The Morgan fingerprint density at radius 2 is 2.06 bits per heavy atom. The first-order valence-electron chi connectivity index (χ1n) is 5.78. The van der Waals surface area contributed by atoms with Crippen molar-refractivity contribution in [3.8, 4) is 5.75 Å². The van der Waals surface area contributed by atoms with E-state index in [0.29, 0.717) is 16.6 Å². The van der Waals surface area contributed by atoms with Crippen molar-refractivity contribution in [2.45, 2.75) is 20.3 Å². The van der Waals surface area contributed by atoms with Crippen LogP contribution < -0.4 is 5.63 Å². The largest absolute Gasteiger partial charge is 0.504 e. The molecule has 3 rings (SSSR count). The van der Waals surface area contributed by atoms with Gasteiger partial charge in [-0.2, -0.15) is 0 Å². The molecule has 3 aromatic rings. The molecular formula is C14H12O4. The van der Waals surface area contributed by atoms with Crippen LogP contribution in [0.5, 0.6) is 5.75 Å². The van der Waals surface area contributed by atoms with E-state index in [1.807, 2.05) is 19.9 Å². The van der Waals surface area contributed by atoms with Crippen molar-refractivity contribution in [1.82, 2.24) is 0 Å². The van der Waals surface area contributed by atoms with Crippen LogP contribution in [0.4, 0.5) is 0 Å². The lowest BCUT2D eigenvalue weighted by Gasteiger charge is -2.05. The molecule has 1 N–H and O–H groups in total. The lowest BCUT2D eigenvalue weighted by Crippen LogP contribution is -1.98. The van der Waals surface area contributed by atoms with Crippen LogP contribution in [0.15, 0.2) is 32.0 Å². The fraction of sp³-hybridized carbons (Fsp3) is 0.214. The molecule has 0 amide bonds. The van der Waals surface area contributed by atoms with Gasteiger partial charge in [0.25, 0.3) is 0 Å². The second-order valence-corrected chi connectivity index (χ2v) is 4.34. The van der Waals surface area contributed by atoms with E-state index >= 15 is 0 Å². The second-order valence-electron chi connectivity index (χ2n) is 4.34. The maximum absolute atomic E-state index is 11.5. The minimum atomic E-state index is -0.425. The molecule has 0 saturated heterocycles. The summed E-state index contributed by atoms with van der Waals surface area (Å²) in [6, 6.07) is 3.39. The van der Waals surface area contributed by atoms with E-state index in [4.69, 9.17) is 8.83 Å². The molecule has 0 aliphatic carbocycles. The molecule has 2 heterocycles. The van der Waals surface area contributed by atoms with E-state index in [1.54, 1.807) is 0 Å². The molecule has 0 unspecified atom stereocenters. The maximum Gasteiger partial charge on any atom is 0.336 e. The molecule has 1 aromatic carbocycles. The first-order valence-corrected chi connectivity index (χ1v) is 5.78. The molecule has 0 aliphatic heterocycles. The number of furan rings is 1. The lowest BCUT2D eigenvalue weighted by molar-refractivity contribution is 0.464. The van der Waals surface area contributed by atoms with Gasteiger partial charge in [0.1, 0.15) is 17.2 Å². The Labute approximate surface area is 102 Å². The van der Waals surface area contributed by atoms with E-state index in [0.717, 1.165) is 22.9 Å². The van der Waals surface area contributed by atoms with Crippen molar-refractivity contribution >= 4 is 21.9 Å². The molecule has 18 heavy (non-hydrogen) atoms. The number of hydrogen-bond acceptors (Lipinski definition) is 4. The quantitative estimate of drug-likeness (QED) is 0.668. The van der Waals surface area contributed by atoms with Gasteiger partial charge in [-0.25, -0.2) is 4.79 Å². The highest BCUT2D eigenvalue weighted by Gasteiger charge is 2.16. The smallest absolute Gasteiger partial charge is 0.336 e. The summed E-state index contributed by atoms with van der Waals surface area (Å²) < 4.78 is 10.6. The minimum Gasteiger partial charge on any atom is -0.504 e. The predicted octanol–water partition coefficient (Wildman–Crippen LogP) is 3.12. The predicted molar refractivity (Wildman–Crippen MR) is 68.0 cm³/mol. The number of aromatic hydroxyl groups is 1. The molecule has 4 nitrogen and oxygen atoms in total. The zero-order valence-corrected chi connectivity index (χ0v) is 10.1. The highest BCUT2D eigenvalue weighted by atomic mass is 16.4. The second kappa shape index (κ2) is 3.63. The lowest BCUT2D eigenvalue weighted by atomic mass is 10.0. The average molecular weight is 244 g/mol. The average Bonchev–Trinajstić information content (AvgIpc) is 2.71. The van der Waals surface area contributed by atoms with Crippen LogP contribution >= 0.6 is 0 Å². The molecular weight excluding hydrogens is 232 g/mol. The van der Waals surface area contributed by atoms with Crippen LogP contribution in [0, 0.1) is 6.92 Å². The van der Waals surface area contributed by atoms with Gasteiger partial charge in [-0.1, -0.05) is 6.92 Å². The third kappa shape index (κ3) is 1.35. The summed E-state index contributed by atoms with van der Waals surface area (Å²) in [6.07, 6.45) is 2.05. The molecule has 0 fully saturated rings. The summed E-state index contributed by atoms with van der Waals surface area (Å²) in [5.41, 5.74) is 2.36. The van der Waals surface area contributed by atoms with Crippen molar-refractivity contribution in [3.63, 3.8) is 0 Å². The van der Waals surface area contributed by atoms with E-state index < -0.39 is 5.63 Å². The Morgan fingerprint density at radius 3 is 2.78 bits per heavy atom. The zero-order valence-electron chi connectivity index (χ0n) is 10.1. The van der Waals surface area contributed by atoms with Gasteiger partial charge >= 0.3 is 5.63 Å². The summed E-state index contributed by atoms with van der Waals surface area (Å²) in [7, 11) is 0. The normalized spacial score (nSPS) is 11.4. The molecule has 0 saturated carbocycles. The summed E-state index contributed by atoms with van der Waals surface area (Å²) in [6.45, 7) is 3.86. The fourth-order valence-corrected chi connectivity index (χ4v) is 2.29. The van der Waals surface area contributed by atoms with Crippen LogP contribution in [0.3, 0.4) is 0 Å². The fourth-order valence-electron chi connectivity index (χ4n) is 2.29. The van der Waals surface area contributed by atoms with Crippen LogP contribution in [0.25, 0.3) is 21.9 Å². The summed E-state index contributed by atoms with van der Waals surface area (Å²) in [4.78, 5) is 11.5. The Kier molecular flexibility index (Phi) is 2.20. The standard InChI is InChI=1S/C14H12O4/c1-3-8-5-9-7(2)4-11(16)18-14(9)12-10(15)6-17-13(8)12/h4-6,15H,3H2,1-2H3. The number of rotatable bonds is 1. The Morgan fingerprint density at radius 1 is 1.28 bits per heavy atom. The van der Waals surface area contributed by atoms with Gasteiger partial charge in [-0.3, -0.25) is 0 Å². The van der Waals surface area contributed by atoms with E-state index in [2.05, 4.69) is 0 Å². The number of aryl methyl sites for hydroxylation is 2. The SMILES string of the molecule is CCc1cc2c(C)cc(=O)oc2c2c(O)coc12. The number of fused-ring (bicyclic) bond motifs is 3. The number of hydrogen-bond donors (Lipinski definition) is 1. The Balaban J connectivity index is 2.66. The van der Waals surface area contributed by atoms with Gasteiger partial charge in [0.05, 0.1) is 0 Å². The van der Waals surface area contributed by atoms with Gasteiger partial charge in [0.2, 0.25) is 0 Å². The Hall–Kier alpha value is -2.23. The maximum atomic E-state index is 11.5. The van der Waals surface area contributed by atoms with E-state index in [1.165, 1.54) is 12.3 Å².